The topological polar surface area (TPSA) is 105 Å². The van der Waals surface area contributed by atoms with E-state index in [9.17, 15) is 8.42 Å². The molecule has 1 heterocycles. The Balaban J connectivity index is 1.57. The summed E-state index contributed by atoms with van der Waals surface area (Å²) in [4.78, 5) is 0.153. The van der Waals surface area contributed by atoms with E-state index in [-0.39, 0.29) is 11.4 Å². The third-order valence-corrected chi connectivity index (χ3v) is 5.88. The zero-order valence-corrected chi connectivity index (χ0v) is 18.6. The first-order valence-electron chi connectivity index (χ1n) is 9.25. The van der Waals surface area contributed by atoms with E-state index in [0.717, 1.165) is 17.0 Å². The fraction of sp³-hybridized carbons (Fsp3) is 0.143. The van der Waals surface area contributed by atoms with Gasteiger partial charge >= 0.3 is 0 Å². The van der Waals surface area contributed by atoms with Crippen molar-refractivity contribution in [3.8, 4) is 5.75 Å². The smallest absolute Gasteiger partial charge is 0.240 e. The van der Waals surface area contributed by atoms with Crippen LogP contribution in [0, 0.1) is 0 Å². The fourth-order valence-electron chi connectivity index (χ4n) is 2.57. The number of hydrogen-bond acceptors (Lipinski definition) is 6. The molecular formula is C21H22N4O4S2. The second kappa shape index (κ2) is 10.2. The van der Waals surface area contributed by atoms with Crippen LogP contribution in [0.15, 0.2) is 81.3 Å². The Bertz CT molecular complexity index is 1140. The second-order valence-electron chi connectivity index (χ2n) is 6.42. The van der Waals surface area contributed by atoms with Crippen LogP contribution in [0.25, 0.3) is 0 Å². The summed E-state index contributed by atoms with van der Waals surface area (Å²) in [5, 5.41) is 7.59. The zero-order chi connectivity index (χ0) is 22.3. The molecule has 0 spiro atoms. The minimum absolute atomic E-state index is 0.0835. The molecule has 0 atom stereocenters. The number of hydrazone groups is 1. The summed E-state index contributed by atoms with van der Waals surface area (Å²) in [5.41, 5.74) is 4.97. The van der Waals surface area contributed by atoms with Crippen LogP contribution in [-0.4, -0.2) is 26.4 Å². The molecule has 0 saturated carbocycles. The predicted molar refractivity (Wildman–Crippen MR) is 124 cm³/mol. The van der Waals surface area contributed by atoms with E-state index in [0.29, 0.717) is 16.6 Å². The molecule has 8 nitrogen and oxygen atoms in total. The Kier molecular flexibility index (Phi) is 7.40. The highest BCUT2D eigenvalue weighted by molar-refractivity contribution is 7.89. The lowest BCUT2D eigenvalue weighted by molar-refractivity contribution is 0.415. The van der Waals surface area contributed by atoms with E-state index in [1.165, 1.54) is 18.4 Å². The molecule has 0 aliphatic rings. The van der Waals surface area contributed by atoms with Crippen LogP contribution in [0.4, 0.5) is 5.69 Å². The van der Waals surface area contributed by atoms with E-state index in [2.05, 4.69) is 20.6 Å². The van der Waals surface area contributed by atoms with Crippen molar-refractivity contribution < 1.29 is 17.6 Å². The van der Waals surface area contributed by atoms with Gasteiger partial charge in [-0.3, -0.25) is 5.43 Å². The first-order chi connectivity index (χ1) is 14.9. The van der Waals surface area contributed by atoms with Crippen molar-refractivity contribution in [2.75, 3.05) is 12.4 Å². The molecule has 0 unspecified atom stereocenters. The molecule has 0 aliphatic heterocycles. The van der Waals surface area contributed by atoms with Gasteiger partial charge in [-0.2, -0.15) is 5.10 Å². The average Bonchev–Trinajstić information content (AvgIpc) is 3.31. The second-order valence-corrected chi connectivity index (χ2v) is 8.60. The number of methoxy groups -OCH3 is 1. The summed E-state index contributed by atoms with van der Waals surface area (Å²) in [6.07, 6.45) is 1.49. The van der Waals surface area contributed by atoms with Gasteiger partial charge in [-0.25, -0.2) is 13.1 Å². The highest BCUT2D eigenvalue weighted by Crippen LogP contribution is 2.15. The van der Waals surface area contributed by atoms with Crippen molar-refractivity contribution in [3.63, 3.8) is 0 Å². The number of hydrogen-bond donors (Lipinski definition) is 3. The van der Waals surface area contributed by atoms with Gasteiger partial charge in [0.05, 0.1) is 30.5 Å². The largest absolute Gasteiger partial charge is 0.497 e. The van der Waals surface area contributed by atoms with Gasteiger partial charge < -0.3 is 14.5 Å². The molecule has 0 fully saturated rings. The Hall–Kier alpha value is -3.21. The van der Waals surface area contributed by atoms with Crippen molar-refractivity contribution in [1.29, 1.82) is 0 Å². The molecule has 0 aliphatic carbocycles. The maximum absolute atomic E-state index is 12.4. The van der Waals surface area contributed by atoms with Gasteiger partial charge in [0.25, 0.3) is 0 Å². The molecule has 10 heteroatoms. The number of benzene rings is 2. The van der Waals surface area contributed by atoms with Crippen LogP contribution in [0.3, 0.4) is 0 Å². The molecule has 3 aromatic rings. The van der Waals surface area contributed by atoms with Gasteiger partial charge in [0.1, 0.15) is 11.5 Å². The van der Waals surface area contributed by atoms with E-state index in [4.69, 9.17) is 21.4 Å². The molecule has 3 N–H and O–H groups in total. The number of furan rings is 1. The molecule has 0 radical (unpaired) electrons. The Morgan fingerprint density at radius 1 is 1.10 bits per heavy atom. The summed E-state index contributed by atoms with van der Waals surface area (Å²) >= 11 is 5.24. The van der Waals surface area contributed by atoms with Gasteiger partial charge in [0.2, 0.25) is 10.0 Å². The van der Waals surface area contributed by atoms with Crippen molar-refractivity contribution in [2.45, 2.75) is 18.4 Å². The van der Waals surface area contributed by atoms with Crippen molar-refractivity contribution >= 4 is 38.8 Å². The van der Waals surface area contributed by atoms with Gasteiger partial charge in [-0.1, -0.05) is 12.1 Å². The van der Waals surface area contributed by atoms with Crippen LogP contribution in [-0.2, 0) is 16.6 Å². The number of sulfonamides is 1. The third-order valence-electron chi connectivity index (χ3n) is 4.27. The van der Waals surface area contributed by atoms with Crippen molar-refractivity contribution in [1.82, 2.24) is 10.1 Å². The molecule has 2 aromatic carbocycles. The summed E-state index contributed by atoms with van der Waals surface area (Å²) < 4.78 is 37.6. The Morgan fingerprint density at radius 3 is 2.42 bits per heavy atom. The lowest BCUT2D eigenvalue weighted by atomic mass is 10.1. The highest BCUT2D eigenvalue weighted by atomic mass is 32.2. The maximum Gasteiger partial charge on any atom is 0.240 e. The number of anilines is 1. The minimum atomic E-state index is -3.65. The normalized spacial score (nSPS) is 11.7. The number of nitrogens with one attached hydrogen (secondary N) is 3. The summed E-state index contributed by atoms with van der Waals surface area (Å²) in [5.74, 6) is 1.29. The first kappa shape index (κ1) is 22.5. The Morgan fingerprint density at radius 2 is 1.81 bits per heavy atom. The lowest BCUT2D eigenvalue weighted by Crippen LogP contribution is -2.25. The van der Waals surface area contributed by atoms with Crippen molar-refractivity contribution in [2.24, 2.45) is 5.10 Å². The molecule has 3 rings (SSSR count). The van der Waals surface area contributed by atoms with Gasteiger partial charge in [0, 0.05) is 5.69 Å². The van der Waals surface area contributed by atoms with E-state index in [1.54, 1.807) is 38.3 Å². The first-order valence-corrected chi connectivity index (χ1v) is 11.1. The number of ether oxygens (including phenoxy) is 1. The van der Waals surface area contributed by atoms with E-state index < -0.39 is 10.0 Å². The molecular weight excluding hydrogens is 436 g/mol. The maximum atomic E-state index is 12.4. The molecule has 0 amide bonds. The van der Waals surface area contributed by atoms with Gasteiger partial charge in [-0.05, 0) is 73.2 Å². The molecule has 162 valence electrons. The lowest BCUT2D eigenvalue weighted by Gasteiger charge is -2.09. The number of nitrogens with zero attached hydrogens (tertiary/aromatic N) is 1. The molecule has 0 bridgehead atoms. The summed E-state index contributed by atoms with van der Waals surface area (Å²) in [7, 11) is -2.05. The van der Waals surface area contributed by atoms with E-state index >= 15 is 0 Å². The van der Waals surface area contributed by atoms with Crippen LogP contribution < -0.4 is 20.2 Å². The monoisotopic (exact) mass is 458 g/mol. The summed E-state index contributed by atoms with van der Waals surface area (Å²) in [6.45, 7) is 1.88. The quantitative estimate of drug-likeness (QED) is 0.270. The number of rotatable bonds is 8. The van der Waals surface area contributed by atoms with E-state index in [1.807, 2.05) is 24.3 Å². The van der Waals surface area contributed by atoms with Crippen LogP contribution >= 0.6 is 12.2 Å². The zero-order valence-electron chi connectivity index (χ0n) is 17.0. The predicted octanol–water partition coefficient (Wildman–Crippen LogP) is 3.48. The molecule has 1 aromatic heterocycles. The fourth-order valence-corrected chi connectivity index (χ4v) is 3.73. The van der Waals surface area contributed by atoms with Crippen molar-refractivity contribution in [3.05, 3.63) is 78.3 Å². The average molecular weight is 459 g/mol. The third kappa shape index (κ3) is 6.38. The van der Waals surface area contributed by atoms with Crippen LogP contribution in [0.5, 0.6) is 5.75 Å². The highest BCUT2D eigenvalue weighted by Gasteiger charge is 2.14. The number of thiocarbonyl (C=S) groups is 1. The SMILES string of the molecule is COc1ccc(NC(=S)N/N=C(\C)c2ccc(S(=O)(=O)NCc3ccco3)cc2)cc1. The minimum Gasteiger partial charge on any atom is -0.497 e. The molecule has 31 heavy (non-hydrogen) atoms. The summed E-state index contributed by atoms with van der Waals surface area (Å²) in [6, 6.07) is 17.1. The Labute approximate surface area is 186 Å². The van der Waals surface area contributed by atoms with Crippen LogP contribution in [0.2, 0.25) is 0 Å². The standard InChI is InChI=1S/C21H22N4O4S2/c1-15(24-25-21(30)23-17-7-9-18(28-2)10-8-17)16-5-11-20(12-6-16)31(26,27)22-14-19-4-3-13-29-19/h3-13,22H,14H2,1-2H3,(H2,23,25,30)/b24-15+. The van der Waals surface area contributed by atoms with Gasteiger partial charge in [0.15, 0.2) is 5.11 Å². The van der Waals surface area contributed by atoms with Gasteiger partial charge in [-0.15, -0.1) is 0 Å². The molecule has 0 saturated heterocycles. The van der Waals surface area contributed by atoms with Crippen LogP contribution in [0.1, 0.15) is 18.2 Å².